The van der Waals surface area contributed by atoms with E-state index in [1.165, 1.54) is 43.4 Å². The zero-order chi connectivity index (χ0) is 19.4. The molecule has 0 saturated heterocycles. The van der Waals surface area contributed by atoms with E-state index in [1.807, 2.05) is 18.2 Å². The number of carbonyl (C=O) groups is 2. The Balaban J connectivity index is 1.10. The van der Waals surface area contributed by atoms with E-state index >= 15 is 0 Å². The van der Waals surface area contributed by atoms with Gasteiger partial charge in [0.25, 0.3) is 0 Å². The van der Waals surface area contributed by atoms with Crippen molar-refractivity contribution in [3.8, 4) is 0 Å². The molecule has 4 bridgehead atoms. The largest absolute Gasteiger partial charge is 0.355 e. The minimum absolute atomic E-state index is 0.0664. The van der Waals surface area contributed by atoms with Gasteiger partial charge in [-0.2, -0.15) is 0 Å². The Hall–Kier alpha value is -1.49. The lowest BCUT2D eigenvalue weighted by Gasteiger charge is -2.56. The quantitative estimate of drug-likeness (QED) is 0.486. The van der Waals surface area contributed by atoms with Crippen LogP contribution in [-0.2, 0) is 9.59 Å². The zero-order valence-corrected chi connectivity index (χ0v) is 17.4. The van der Waals surface area contributed by atoms with Crippen molar-refractivity contribution >= 4 is 23.6 Å². The number of rotatable bonds is 9. The van der Waals surface area contributed by atoms with Gasteiger partial charge in [0.15, 0.2) is 0 Å². The summed E-state index contributed by atoms with van der Waals surface area (Å²) in [5, 5.41) is 5.78. The smallest absolute Gasteiger partial charge is 0.239 e. The van der Waals surface area contributed by atoms with E-state index in [0.717, 1.165) is 29.9 Å². The molecule has 1 aromatic rings. The van der Waals surface area contributed by atoms with Crippen molar-refractivity contribution in [1.82, 2.24) is 10.6 Å². The number of amides is 2. The molecule has 4 nitrogen and oxygen atoms in total. The molecule has 0 unspecified atom stereocenters. The maximum absolute atomic E-state index is 12.5. The first-order chi connectivity index (χ1) is 13.6. The highest BCUT2D eigenvalue weighted by molar-refractivity contribution is 7.99. The van der Waals surface area contributed by atoms with Crippen LogP contribution in [0.2, 0.25) is 0 Å². The van der Waals surface area contributed by atoms with Gasteiger partial charge in [0.2, 0.25) is 11.8 Å². The fraction of sp³-hybridized carbons (Fsp3) is 0.652. The number of hydrogen-bond donors (Lipinski definition) is 2. The molecular weight excluding hydrogens is 368 g/mol. The van der Waals surface area contributed by atoms with Crippen LogP contribution in [0.5, 0.6) is 0 Å². The van der Waals surface area contributed by atoms with Gasteiger partial charge in [0.1, 0.15) is 0 Å². The zero-order valence-electron chi connectivity index (χ0n) is 16.6. The van der Waals surface area contributed by atoms with Gasteiger partial charge < -0.3 is 10.6 Å². The van der Waals surface area contributed by atoms with Crippen molar-refractivity contribution in [2.24, 2.45) is 23.2 Å². The molecule has 152 valence electrons. The van der Waals surface area contributed by atoms with E-state index in [9.17, 15) is 9.59 Å². The van der Waals surface area contributed by atoms with Gasteiger partial charge in [0.05, 0.1) is 6.54 Å². The highest BCUT2D eigenvalue weighted by Crippen LogP contribution is 2.61. The van der Waals surface area contributed by atoms with Crippen LogP contribution in [0.1, 0.15) is 51.4 Å². The van der Waals surface area contributed by atoms with Gasteiger partial charge in [0, 0.05) is 17.9 Å². The normalized spacial score (nSPS) is 30.2. The third-order valence-electron chi connectivity index (χ3n) is 6.80. The Morgan fingerprint density at radius 2 is 1.57 bits per heavy atom. The molecular formula is C23H32N2O2S. The summed E-state index contributed by atoms with van der Waals surface area (Å²) in [6, 6.07) is 10.3. The molecule has 28 heavy (non-hydrogen) atoms. The highest BCUT2D eigenvalue weighted by atomic mass is 32.2. The predicted molar refractivity (Wildman–Crippen MR) is 113 cm³/mol. The number of nitrogens with one attached hydrogen (secondary N) is 2. The van der Waals surface area contributed by atoms with Crippen LogP contribution in [0, 0.1) is 23.2 Å². The van der Waals surface area contributed by atoms with Crippen LogP contribution in [0.25, 0.3) is 0 Å². The first kappa shape index (κ1) is 19.8. The van der Waals surface area contributed by atoms with Crippen molar-refractivity contribution in [2.45, 2.75) is 56.3 Å². The number of thioether (sulfide) groups is 1. The van der Waals surface area contributed by atoms with E-state index in [0.29, 0.717) is 13.0 Å². The van der Waals surface area contributed by atoms with Gasteiger partial charge in [-0.1, -0.05) is 18.2 Å². The summed E-state index contributed by atoms with van der Waals surface area (Å²) in [5.74, 6) is 3.53. The van der Waals surface area contributed by atoms with Gasteiger partial charge in [-0.25, -0.2) is 0 Å². The number of hydrogen-bond acceptors (Lipinski definition) is 3. The summed E-state index contributed by atoms with van der Waals surface area (Å²) in [6.45, 7) is 0.764. The Morgan fingerprint density at radius 3 is 2.21 bits per heavy atom. The Bertz CT molecular complexity index is 656. The molecule has 0 radical (unpaired) electrons. The summed E-state index contributed by atoms with van der Waals surface area (Å²) < 4.78 is 0. The molecule has 4 saturated carbocycles. The second-order valence-electron chi connectivity index (χ2n) is 9.24. The monoisotopic (exact) mass is 400 g/mol. The van der Waals surface area contributed by atoms with Crippen LogP contribution in [0.4, 0.5) is 0 Å². The third kappa shape index (κ3) is 5.11. The van der Waals surface area contributed by atoms with Gasteiger partial charge in [-0.15, -0.1) is 11.8 Å². The van der Waals surface area contributed by atoms with E-state index in [1.54, 1.807) is 11.8 Å². The molecule has 0 aromatic heterocycles. The third-order valence-corrected chi connectivity index (χ3v) is 7.90. The van der Waals surface area contributed by atoms with Crippen LogP contribution in [0.3, 0.4) is 0 Å². The molecule has 5 rings (SSSR count). The van der Waals surface area contributed by atoms with Crippen LogP contribution < -0.4 is 10.6 Å². The summed E-state index contributed by atoms with van der Waals surface area (Å²) in [4.78, 5) is 25.7. The molecule has 2 N–H and O–H groups in total. The second-order valence-corrected chi connectivity index (χ2v) is 10.4. The molecule has 0 heterocycles. The van der Waals surface area contributed by atoms with Crippen molar-refractivity contribution in [2.75, 3.05) is 18.8 Å². The average Bonchev–Trinajstić information content (AvgIpc) is 2.65. The topological polar surface area (TPSA) is 58.2 Å². The molecule has 4 aliphatic carbocycles. The van der Waals surface area contributed by atoms with E-state index in [4.69, 9.17) is 0 Å². The summed E-state index contributed by atoms with van der Waals surface area (Å²) in [6.07, 6.45) is 9.43. The lowest BCUT2D eigenvalue weighted by molar-refractivity contribution is -0.131. The van der Waals surface area contributed by atoms with E-state index in [-0.39, 0.29) is 23.8 Å². The van der Waals surface area contributed by atoms with E-state index < -0.39 is 0 Å². The van der Waals surface area contributed by atoms with Crippen LogP contribution in [-0.4, -0.2) is 30.7 Å². The van der Waals surface area contributed by atoms with Crippen molar-refractivity contribution in [3.05, 3.63) is 30.3 Å². The Morgan fingerprint density at radius 1 is 0.929 bits per heavy atom. The van der Waals surface area contributed by atoms with Crippen molar-refractivity contribution < 1.29 is 9.59 Å². The minimum atomic E-state index is -0.0800. The number of carbonyl (C=O) groups excluding carboxylic acids is 2. The molecule has 0 aliphatic heterocycles. The van der Waals surface area contributed by atoms with Gasteiger partial charge >= 0.3 is 0 Å². The summed E-state index contributed by atoms with van der Waals surface area (Å²) >= 11 is 1.80. The minimum Gasteiger partial charge on any atom is -0.355 e. The fourth-order valence-electron chi connectivity index (χ4n) is 6.16. The first-order valence-corrected chi connectivity index (χ1v) is 11.8. The maximum atomic E-state index is 12.5. The molecule has 4 fully saturated rings. The molecule has 1 aromatic carbocycles. The molecule has 0 atom stereocenters. The first-order valence-electron chi connectivity index (χ1n) is 10.8. The molecule has 5 heteroatoms. The highest BCUT2D eigenvalue weighted by Gasteiger charge is 2.51. The Kier molecular flexibility index (Phi) is 6.29. The van der Waals surface area contributed by atoms with Crippen LogP contribution in [0.15, 0.2) is 35.2 Å². The van der Waals surface area contributed by atoms with Crippen molar-refractivity contribution in [3.63, 3.8) is 0 Å². The van der Waals surface area contributed by atoms with E-state index in [2.05, 4.69) is 22.8 Å². The molecule has 0 spiro atoms. The lowest BCUT2D eigenvalue weighted by Crippen LogP contribution is -2.48. The lowest BCUT2D eigenvalue weighted by atomic mass is 9.49. The predicted octanol–water partition coefficient (Wildman–Crippen LogP) is 4.01. The van der Waals surface area contributed by atoms with Gasteiger partial charge in [-0.3, -0.25) is 9.59 Å². The van der Waals surface area contributed by atoms with Crippen molar-refractivity contribution in [1.29, 1.82) is 0 Å². The number of benzene rings is 1. The van der Waals surface area contributed by atoms with Gasteiger partial charge in [-0.05, 0) is 86.0 Å². The standard InChI is InChI=1S/C23H32N2O2S/c26-21(15-23-12-17-9-18(13-23)11-19(10-17)14-23)25-16-22(27)24-7-4-8-28-20-5-2-1-3-6-20/h1-3,5-6,17-19H,4,7-16H2,(H,24,27)(H,25,26). The second kappa shape index (κ2) is 8.89. The van der Waals surface area contributed by atoms with Crippen LogP contribution >= 0.6 is 11.8 Å². The maximum Gasteiger partial charge on any atom is 0.239 e. The SMILES string of the molecule is O=C(CNC(=O)CC12CC3CC(CC(C3)C1)C2)NCCCSc1ccccc1. The fourth-order valence-corrected chi connectivity index (χ4v) is 7.03. The summed E-state index contributed by atoms with van der Waals surface area (Å²) in [5.41, 5.74) is 0.240. The summed E-state index contributed by atoms with van der Waals surface area (Å²) in [7, 11) is 0. The molecule has 4 aliphatic rings. The average molecular weight is 401 g/mol. The molecule has 2 amide bonds. The Labute approximate surface area is 172 Å².